The van der Waals surface area contributed by atoms with Crippen molar-refractivity contribution >= 4 is 18.0 Å². The number of nitrogens with zero attached hydrogens (tertiary/aromatic N) is 2. The van der Waals surface area contributed by atoms with Crippen molar-refractivity contribution in [2.75, 3.05) is 0 Å². The van der Waals surface area contributed by atoms with Gasteiger partial charge in [-0.2, -0.15) is 0 Å². The third-order valence-corrected chi connectivity index (χ3v) is 3.70. The quantitative estimate of drug-likeness (QED) is 0.698. The number of aryl methyl sites for hydroxylation is 2. The average Bonchev–Trinajstić information content (AvgIpc) is 3.00. The molecule has 1 aromatic carbocycles. The van der Waals surface area contributed by atoms with Crippen LogP contribution in [0.2, 0.25) is 0 Å². The lowest BCUT2D eigenvalue weighted by Crippen LogP contribution is -2.30. The number of hydrogen-bond donors (Lipinski definition) is 1. The van der Waals surface area contributed by atoms with E-state index in [0.717, 1.165) is 16.8 Å². The number of urea groups is 1. The first-order chi connectivity index (χ1) is 10.5. The molecule has 0 spiro atoms. The second-order valence-electron chi connectivity index (χ2n) is 5.41. The number of aromatic nitrogens is 1. The fourth-order valence-electron chi connectivity index (χ4n) is 2.36. The molecule has 0 unspecified atom stereocenters. The number of hydrogen-bond acceptors (Lipinski definition) is 2. The smallest absolute Gasteiger partial charge is 0.329 e. The molecule has 0 radical (unpaired) electrons. The van der Waals surface area contributed by atoms with Gasteiger partial charge in [0.05, 0.1) is 6.54 Å². The summed E-state index contributed by atoms with van der Waals surface area (Å²) < 4.78 is 1.88. The lowest BCUT2D eigenvalue weighted by atomic mass is 10.1. The van der Waals surface area contributed by atoms with E-state index < -0.39 is 0 Å². The molecule has 2 aromatic rings. The fourth-order valence-corrected chi connectivity index (χ4v) is 2.36. The van der Waals surface area contributed by atoms with Crippen LogP contribution in [0.25, 0.3) is 6.08 Å². The van der Waals surface area contributed by atoms with Gasteiger partial charge in [0, 0.05) is 18.9 Å². The van der Waals surface area contributed by atoms with Crippen LogP contribution in [0.15, 0.2) is 48.3 Å². The van der Waals surface area contributed by atoms with Gasteiger partial charge in [0.15, 0.2) is 0 Å². The van der Waals surface area contributed by atoms with Gasteiger partial charge < -0.3 is 9.88 Å². The van der Waals surface area contributed by atoms with Crippen LogP contribution >= 0.6 is 0 Å². The zero-order valence-electron chi connectivity index (χ0n) is 12.5. The lowest BCUT2D eigenvalue weighted by molar-refractivity contribution is -0.123. The van der Waals surface area contributed by atoms with Gasteiger partial charge in [-0.25, -0.2) is 4.79 Å². The maximum atomic E-state index is 12.4. The molecule has 1 aromatic heterocycles. The minimum Gasteiger partial charge on any atom is -0.351 e. The summed E-state index contributed by atoms with van der Waals surface area (Å²) in [5, 5.41) is 2.64. The van der Waals surface area contributed by atoms with Crippen molar-refractivity contribution in [1.29, 1.82) is 0 Å². The fraction of sp³-hybridized carbons (Fsp3) is 0.176. The molecule has 112 valence electrons. The molecule has 0 atom stereocenters. The molecule has 22 heavy (non-hydrogen) atoms. The molecule has 0 aliphatic carbocycles. The van der Waals surface area contributed by atoms with Crippen molar-refractivity contribution < 1.29 is 9.59 Å². The molecule has 5 nitrogen and oxygen atoms in total. The van der Waals surface area contributed by atoms with Crippen LogP contribution in [-0.2, 0) is 18.4 Å². The molecular formula is C17H17N3O2. The molecule has 2 heterocycles. The van der Waals surface area contributed by atoms with E-state index in [2.05, 4.69) is 5.32 Å². The minimum atomic E-state index is -0.383. The summed E-state index contributed by atoms with van der Waals surface area (Å²) in [6.45, 7) is 2.27. The first-order valence-electron chi connectivity index (χ1n) is 7.06. The highest BCUT2D eigenvalue weighted by molar-refractivity contribution is 6.13. The molecule has 1 N–H and O–H groups in total. The third kappa shape index (κ3) is 2.65. The van der Waals surface area contributed by atoms with Gasteiger partial charge >= 0.3 is 6.03 Å². The predicted octanol–water partition coefficient (Wildman–Crippen LogP) is 2.43. The standard InChI is InChI=1S/C17H17N3O2/c1-12-5-7-13(8-6-12)11-20-16(21)15(18-17(20)22)10-14-4-3-9-19(14)2/h3-10H,11H2,1-2H3,(H,18,22)/b15-10-. The zero-order valence-corrected chi connectivity index (χ0v) is 12.5. The summed E-state index contributed by atoms with van der Waals surface area (Å²) in [6, 6.07) is 11.2. The monoisotopic (exact) mass is 295 g/mol. The van der Waals surface area contributed by atoms with Gasteiger partial charge in [0.1, 0.15) is 5.70 Å². The van der Waals surface area contributed by atoms with E-state index >= 15 is 0 Å². The molecule has 1 saturated heterocycles. The highest BCUT2D eigenvalue weighted by Gasteiger charge is 2.33. The molecule has 0 saturated carbocycles. The number of nitrogens with one attached hydrogen (secondary N) is 1. The number of rotatable bonds is 3. The van der Waals surface area contributed by atoms with Crippen molar-refractivity contribution in [3.05, 3.63) is 65.1 Å². The largest absolute Gasteiger partial charge is 0.351 e. The SMILES string of the molecule is Cc1ccc(CN2C(=O)N/C(=C\c3cccn3C)C2=O)cc1. The third-order valence-electron chi connectivity index (χ3n) is 3.70. The molecule has 1 fully saturated rings. The van der Waals surface area contributed by atoms with E-state index in [-0.39, 0.29) is 18.5 Å². The topological polar surface area (TPSA) is 54.3 Å². The molecule has 3 rings (SSSR count). The highest BCUT2D eigenvalue weighted by atomic mass is 16.2. The molecular weight excluding hydrogens is 278 g/mol. The van der Waals surface area contributed by atoms with Gasteiger partial charge in [-0.1, -0.05) is 29.8 Å². The van der Waals surface area contributed by atoms with Gasteiger partial charge in [0.25, 0.3) is 5.91 Å². The predicted molar refractivity (Wildman–Crippen MR) is 83.7 cm³/mol. The van der Waals surface area contributed by atoms with E-state index in [1.807, 2.05) is 61.1 Å². The molecule has 1 aliphatic rings. The van der Waals surface area contributed by atoms with Crippen LogP contribution in [0.3, 0.4) is 0 Å². The Kier molecular flexibility index (Phi) is 3.55. The van der Waals surface area contributed by atoms with Gasteiger partial charge in [-0.15, -0.1) is 0 Å². The first kappa shape index (κ1) is 14.1. The maximum Gasteiger partial charge on any atom is 0.329 e. The van der Waals surface area contributed by atoms with Crippen molar-refractivity contribution in [3.8, 4) is 0 Å². The van der Waals surface area contributed by atoms with Crippen LogP contribution in [0.4, 0.5) is 4.79 Å². The summed E-state index contributed by atoms with van der Waals surface area (Å²) in [5.74, 6) is -0.299. The Labute approximate surface area is 128 Å². The molecule has 0 bridgehead atoms. The van der Waals surface area contributed by atoms with Crippen LogP contribution in [0, 0.1) is 6.92 Å². The van der Waals surface area contributed by atoms with Crippen molar-refractivity contribution in [2.45, 2.75) is 13.5 Å². The van der Waals surface area contributed by atoms with E-state index in [1.165, 1.54) is 4.90 Å². The van der Waals surface area contributed by atoms with Crippen LogP contribution in [-0.4, -0.2) is 21.4 Å². The van der Waals surface area contributed by atoms with Gasteiger partial charge in [-0.3, -0.25) is 9.69 Å². The zero-order chi connectivity index (χ0) is 15.7. The highest BCUT2D eigenvalue weighted by Crippen LogP contribution is 2.17. The van der Waals surface area contributed by atoms with E-state index in [0.29, 0.717) is 5.70 Å². The van der Waals surface area contributed by atoms with Crippen LogP contribution < -0.4 is 5.32 Å². The Balaban J connectivity index is 1.81. The van der Waals surface area contributed by atoms with Crippen molar-refractivity contribution in [3.63, 3.8) is 0 Å². The van der Waals surface area contributed by atoms with Gasteiger partial charge in [0.2, 0.25) is 0 Å². The summed E-state index contributed by atoms with van der Waals surface area (Å²) >= 11 is 0. The maximum absolute atomic E-state index is 12.4. The van der Waals surface area contributed by atoms with Gasteiger partial charge in [-0.05, 0) is 30.7 Å². The average molecular weight is 295 g/mol. The summed E-state index contributed by atoms with van der Waals surface area (Å²) in [5.41, 5.74) is 3.24. The van der Waals surface area contributed by atoms with E-state index in [1.54, 1.807) is 6.08 Å². The van der Waals surface area contributed by atoms with Crippen molar-refractivity contribution in [2.24, 2.45) is 7.05 Å². The molecule has 3 amide bonds. The Morgan fingerprint density at radius 3 is 2.50 bits per heavy atom. The van der Waals surface area contributed by atoms with Crippen molar-refractivity contribution in [1.82, 2.24) is 14.8 Å². The number of benzene rings is 1. The normalized spacial score (nSPS) is 16.5. The Bertz CT molecular complexity index is 756. The summed E-state index contributed by atoms with van der Waals surface area (Å²) in [6.07, 6.45) is 3.58. The second kappa shape index (κ2) is 5.52. The number of imide groups is 1. The number of amides is 3. The lowest BCUT2D eigenvalue weighted by Gasteiger charge is -2.11. The molecule has 5 heteroatoms. The molecule has 1 aliphatic heterocycles. The van der Waals surface area contributed by atoms with E-state index in [4.69, 9.17) is 0 Å². The van der Waals surface area contributed by atoms with Crippen LogP contribution in [0.5, 0.6) is 0 Å². The van der Waals surface area contributed by atoms with E-state index in [9.17, 15) is 9.59 Å². The second-order valence-corrected chi connectivity index (χ2v) is 5.41. The van der Waals surface area contributed by atoms with Crippen LogP contribution in [0.1, 0.15) is 16.8 Å². The Morgan fingerprint density at radius 2 is 1.86 bits per heavy atom. The number of carbonyl (C=O) groups is 2. The number of carbonyl (C=O) groups excluding carboxylic acids is 2. The summed E-state index contributed by atoms with van der Waals surface area (Å²) in [4.78, 5) is 25.6. The Hall–Kier alpha value is -2.82. The first-order valence-corrected chi connectivity index (χ1v) is 7.06. The Morgan fingerprint density at radius 1 is 1.14 bits per heavy atom. The minimum absolute atomic E-state index is 0.273. The summed E-state index contributed by atoms with van der Waals surface area (Å²) in [7, 11) is 1.89.